The van der Waals surface area contributed by atoms with Gasteiger partial charge in [-0.1, -0.05) is 6.07 Å². The number of pyridine rings is 1. The normalized spacial score (nSPS) is 10.0. The molecule has 0 atom stereocenters. The van der Waals surface area contributed by atoms with Crippen molar-refractivity contribution >= 4 is 5.97 Å². The van der Waals surface area contributed by atoms with Gasteiger partial charge in [-0.15, -0.1) is 0 Å². The summed E-state index contributed by atoms with van der Waals surface area (Å²) in [7, 11) is 3.94. The predicted molar refractivity (Wildman–Crippen MR) is 55.6 cm³/mol. The molecule has 1 aromatic heterocycles. The van der Waals surface area contributed by atoms with Crippen LogP contribution in [-0.4, -0.2) is 36.5 Å². The molecule has 5 heteroatoms. The minimum absolute atomic E-state index is 0. The van der Waals surface area contributed by atoms with Crippen LogP contribution < -0.4 is 24.0 Å². The first-order valence-corrected chi connectivity index (χ1v) is 4.83. The van der Waals surface area contributed by atoms with Gasteiger partial charge in [0.05, 0.1) is 11.7 Å². The molecule has 1 aromatic rings. The van der Waals surface area contributed by atoms with E-state index in [-0.39, 0.29) is 24.6 Å². The van der Waals surface area contributed by atoms with Gasteiger partial charge in [0.1, 0.15) is 0 Å². The van der Waals surface area contributed by atoms with Crippen LogP contribution in [0.5, 0.6) is 0 Å². The van der Waals surface area contributed by atoms with Crippen molar-refractivity contribution < 1.29 is 28.8 Å². The third kappa shape index (κ3) is 4.36. The number of hydrogen-bond donors (Lipinski definition) is 0. The zero-order chi connectivity index (χ0) is 11.4. The molecule has 0 aliphatic heterocycles. The number of carbonyl (C=O) groups is 1. The van der Waals surface area contributed by atoms with Crippen molar-refractivity contribution in [2.24, 2.45) is 0 Å². The first kappa shape index (κ1) is 15.2. The Balaban J connectivity index is 0.00000225. The predicted octanol–water partition coefficient (Wildman–Crippen LogP) is -3.14. The Morgan fingerprint density at radius 2 is 2.06 bits per heavy atom. The maximum absolute atomic E-state index is 10.6. The molecule has 0 fully saturated rings. The summed E-state index contributed by atoms with van der Waals surface area (Å²) in [5.74, 6) is -1.22. The number of rotatable bonds is 4. The molecule has 0 saturated heterocycles. The number of aromatic nitrogens is 1. The Labute approximate surface area is 108 Å². The minimum Gasteiger partial charge on any atom is -0.543 e. The molecule has 4 nitrogen and oxygen atoms in total. The number of carboxylic acid groups (broad SMARTS) is 1. The standard InChI is InChI=1S/C11H16N2O2.Li/c1-8-4-5-10(11(14)15)12-9(8)6-7-13(2)3;/h4-5H,6-7H2,1-3H3,(H,14,15);/q;+1/p-1. The fourth-order valence-electron chi connectivity index (χ4n) is 1.27. The van der Waals surface area contributed by atoms with Crippen LogP contribution >= 0.6 is 0 Å². The van der Waals surface area contributed by atoms with E-state index in [9.17, 15) is 9.90 Å². The van der Waals surface area contributed by atoms with Crippen molar-refractivity contribution in [1.29, 1.82) is 0 Å². The number of aryl methyl sites for hydroxylation is 1. The zero-order valence-corrected chi connectivity index (χ0v) is 10.3. The molecule has 0 spiro atoms. The Hall–Kier alpha value is -0.823. The molecule has 0 radical (unpaired) electrons. The Kier molecular flexibility index (Phi) is 6.35. The van der Waals surface area contributed by atoms with E-state index in [2.05, 4.69) is 4.98 Å². The average molecular weight is 214 g/mol. The van der Waals surface area contributed by atoms with E-state index in [1.807, 2.05) is 25.9 Å². The summed E-state index contributed by atoms with van der Waals surface area (Å²) in [6.45, 7) is 2.78. The third-order valence-corrected chi connectivity index (χ3v) is 2.21. The van der Waals surface area contributed by atoms with E-state index in [0.717, 1.165) is 24.2 Å². The fourth-order valence-corrected chi connectivity index (χ4v) is 1.27. The summed E-state index contributed by atoms with van der Waals surface area (Å²) < 4.78 is 0. The average Bonchev–Trinajstić information content (AvgIpc) is 2.16. The summed E-state index contributed by atoms with van der Waals surface area (Å²) in [6, 6.07) is 3.24. The molecular weight excluding hydrogens is 199 g/mol. The van der Waals surface area contributed by atoms with Gasteiger partial charge in [0.25, 0.3) is 0 Å². The summed E-state index contributed by atoms with van der Waals surface area (Å²) in [6.07, 6.45) is 0.750. The maximum Gasteiger partial charge on any atom is 1.00 e. The van der Waals surface area contributed by atoms with Gasteiger partial charge in [0.15, 0.2) is 0 Å². The topological polar surface area (TPSA) is 56.3 Å². The summed E-state index contributed by atoms with van der Waals surface area (Å²) >= 11 is 0. The van der Waals surface area contributed by atoms with Crippen LogP contribution in [-0.2, 0) is 6.42 Å². The van der Waals surface area contributed by atoms with E-state index >= 15 is 0 Å². The second-order valence-corrected chi connectivity index (χ2v) is 3.80. The molecule has 0 unspecified atom stereocenters. The van der Waals surface area contributed by atoms with Crippen LogP contribution in [0.1, 0.15) is 21.7 Å². The van der Waals surface area contributed by atoms with Gasteiger partial charge in [0.2, 0.25) is 0 Å². The zero-order valence-electron chi connectivity index (χ0n) is 10.3. The fraction of sp³-hybridized carbons (Fsp3) is 0.455. The second kappa shape index (κ2) is 6.69. The largest absolute Gasteiger partial charge is 1.00 e. The molecule has 0 amide bonds. The molecular formula is C11H15LiN2O2. The first-order valence-electron chi connectivity index (χ1n) is 4.83. The Morgan fingerprint density at radius 3 is 2.56 bits per heavy atom. The molecule has 0 N–H and O–H groups in total. The Bertz CT molecular complexity index is 367. The van der Waals surface area contributed by atoms with Crippen LogP contribution in [0, 0.1) is 6.92 Å². The maximum atomic E-state index is 10.6. The van der Waals surface area contributed by atoms with Crippen LogP contribution in [0.25, 0.3) is 0 Å². The van der Waals surface area contributed by atoms with Gasteiger partial charge in [0, 0.05) is 18.7 Å². The Morgan fingerprint density at radius 1 is 1.44 bits per heavy atom. The molecule has 16 heavy (non-hydrogen) atoms. The molecule has 0 aliphatic carbocycles. The second-order valence-electron chi connectivity index (χ2n) is 3.80. The third-order valence-electron chi connectivity index (χ3n) is 2.21. The smallest absolute Gasteiger partial charge is 0.543 e. The molecule has 0 aromatic carbocycles. The van der Waals surface area contributed by atoms with Crippen molar-refractivity contribution in [3.8, 4) is 0 Å². The molecule has 1 heterocycles. The quantitative estimate of drug-likeness (QED) is 0.497. The molecule has 82 valence electrons. The number of aromatic carboxylic acids is 1. The van der Waals surface area contributed by atoms with Crippen molar-refractivity contribution in [2.45, 2.75) is 13.3 Å². The van der Waals surface area contributed by atoms with Crippen LogP contribution in [0.3, 0.4) is 0 Å². The van der Waals surface area contributed by atoms with Gasteiger partial charge >= 0.3 is 18.9 Å². The monoisotopic (exact) mass is 214 g/mol. The van der Waals surface area contributed by atoms with E-state index in [4.69, 9.17) is 0 Å². The molecule has 0 aliphatic rings. The minimum atomic E-state index is -1.22. The van der Waals surface area contributed by atoms with Crippen LogP contribution in [0.4, 0.5) is 0 Å². The van der Waals surface area contributed by atoms with Gasteiger partial charge in [-0.25, -0.2) is 0 Å². The number of likely N-dealkylation sites (N-methyl/N-ethyl adjacent to an activating group) is 1. The number of carboxylic acids is 1. The van der Waals surface area contributed by atoms with Crippen molar-refractivity contribution in [1.82, 2.24) is 9.88 Å². The van der Waals surface area contributed by atoms with E-state index in [1.165, 1.54) is 6.07 Å². The number of nitrogens with zero attached hydrogens (tertiary/aromatic N) is 2. The van der Waals surface area contributed by atoms with Gasteiger partial charge in [-0.05, 0) is 32.6 Å². The van der Waals surface area contributed by atoms with Crippen molar-refractivity contribution in [3.05, 3.63) is 29.1 Å². The summed E-state index contributed by atoms with van der Waals surface area (Å²) in [4.78, 5) is 16.7. The molecule has 0 bridgehead atoms. The van der Waals surface area contributed by atoms with Crippen LogP contribution in [0.2, 0.25) is 0 Å². The van der Waals surface area contributed by atoms with Gasteiger partial charge < -0.3 is 14.8 Å². The summed E-state index contributed by atoms with van der Waals surface area (Å²) in [5, 5.41) is 10.6. The molecule has 1 rings (SSSR count). The molecule has 0 saturated carbocycles. The van der Waals surface area contributed by atoms with Crippen LogP contribution in [0.15, 0.2) is 12.1 Å². The van der Waals surface area contributed by atoms with E-state index in [0.29, 0.717) is 0 Å². The first-order chi connectivity index (χ1) is 7.00. The van der Waals surface area contributed by atoms with Crippen molar-refractivity contribution in [2.75, 3.05) is 20.6 Å². The summed E-state index contributed by atoms with van der Waals surface area (Å²) in [5.41, 5.74) is 1.85. The van der Waals surface area contributed by atoms with Gasteiger partial charge in [-0.2, -0.15) is 0 Å². The number of hydrogen-bond acceptors (Lipinski definition) is 4. The van der Waals surface area contributed by atoms with E-state index < -0.39 is 5.97 Å². The number of carbonyl (C=O) groups excluding carboxylic acids is 1. The van der Waals surface area contributed by atoms with E-state index in [1.54, 1.807) is 6.07 Å². The van der Waals surface area contributed by atoms with Crippen molar-refractivity contribution in [3.63, 3.8) is 0 Å². The SMILES string of the molecule is Cc1ccc(C(=O)[O-])nc1CCN(C)C.[Li+]. The van der Waals surface area contributed by atoms with Gasteiger partial charge in [-0.3, -0.25) is 4.98 Å².